The highest BCUT2D eigenvalue weighted by molar-refractivity contribution is 5.73. The lowest BCUT2D eigenvalue weighted by atomic mass is 10.0. The van der Waals surface area contributed by atoms with Crippen molar-refractivity contribution in [1.82, 2.24) is 0 Å². The van der Waals surface area contributed by atoms with Gasteiger partial charge in [-0.3, -0.25) is 4.79 Å². The zero-order chi connectivity index (χ0) is 11.8. The van der Waals surface area contributed by atoms with E-state index in [4.69, 9.17) is 5.11 Å². The minimum atomic E-state index is 0.487. The third-order valence-corrected chi connectivity index (χ3v) is 2.78. The topological polar surface area (TPSA) is 37.3 Å². The predicted molar refractivity (Wildman–Crippen MR) is 66.3 cm³/mol. The van der Waals surface area contributed by atoms with Crippen molar-refractivity contribution in [3.8, 4) is 0 Å². The van der Waals surface area contributed by atoms with Gasteiger partial charge in [-0.25, -0.2) is 0 Å². The van der Waals surface area contributed by atoms with Crippen LogP contribution >= 0.6 is 0 Å². The molecule has 0 aromatic rings. The molecule has 2 heteroatoms. The van der Waals surface area contributed by atoms with Gasteiger partial charge in [0.15, 0.2) is 0 Å². The molecule has 88 valence electrons. The van der Waals surface area contributed by atoms with Crippen LogP contribution in [0, 0.1) is 0 Å². The van der Waals surface area contributed by atoms with Gasteiger partial charge in [0.05, 0.1) is 5.76 Å². The first kappa shape index (κ1) is 12.8. The first-order valence-corrected chi connectivity index (χ1v) is 5.94. The zero-order valence-corrected chi connectivity index (χ0v) is 9.74. The molecule has 0 spiro atoms. The van der Waals surface area contributed by atoms with Crippen LogP contribution in [0.4, 0.5) is 0 Å². The van der Waals surface area contributed by atoms with Gasteiger partial charge in [-0.1, -0.05) is 18.2 Å². The largest absolute Gasteiger partial charge is 0.512 e. The van der Waals surface area contributed by atoms with Gasteiger partial charge in [0.25, 0.3) is 0 Å². The average Bonchev–Trinajstić information content (AvgIpc) is 2.31. The smallest absolute Gasteiger partial charge is 0.145 e. The summed E-state index contributed by atoms with van der Waals surface area (Å²) in [4.78, 5) is 10.1. The van der Waals surface area contributed by atoms with Crippen LogP contribution in [0.15, 0.2) is 35.6 Å². The molecule has 0 radical (unpaired) electrons. The summed E-state index contributed by atoms with van der Waals surface area (Å²) in [6.45, 7) is 3.73. The molecule has 2 aliphatic rings. The van der Waals surface area contributed by atoms with E-state index in [1.54, 1.807) is 6.08 Å². The van der Waals surface area contributed by atoms with Gasteiger partial charge < -0.3 is 5.11 Å². The minimum absolute atomic E-state index is 0.487. The number of carbonyl (C=O) groups is 1. The molecule has 0 heterocycles. The van der Waals surface area contributed by atoms with Crippen LogP contribution in [0.5, 0.6) is 0 Å². The van der Waals surface area contributed by atoms with E-state index in [1.807, 2.05) is 6.08 Å². The summed E-state index contributed by atoms with van der Waals surface area (Å²) >= 11 is 0. The Balaban J connectivity index is 0.000000160. The quantitative estimate of drug-likeness (QED) is 0.681. The van der Waals surface area contributed by atoms with Crippen molar-refractivity contribution in [2.24, 2.45) is 0 Å². The Bertz CT molecular complexity index is 311. The van der Waals surface area contributed by atoms with Crippen molar-refractivity contribution in [2.45, 2.75) is 44.9 Å². The van der Waals surface area contributed by atoms with E-state index in [0.29, 0.717) is 5.76 Å². The first-order chi connectivity index (χ1) is 7.72. The first-order valence-electron chi connectivity index (χ1n) is 5.94. The Labute approximate surface area is 97.4 Å². The van der Waals surface area contributed by atoms with Crippen molar-refractivity contribution in [2.75, 3.05) is 0 Å². The van der Waals surface area contributed by atoms with Gasteiger partial charge >= 0.3 is 0 Å². The van der Waals surface area contributed by atoms with Crippen LogP contribution in [-0.2, 0) is 4.79 Å². The fourth-order valence-electron chi connectivity index (χ4n) is 1.85. The molecule has 0 unspecified atom stereocenters. The van der Waals surface area contributed by atoms with E-state index < -0.39 is 0 Å². The number of aldehydes is 1. The molecule has 2 rings (SSSR count). The van der Waals surface area contributed by atoms with Gasteiger partial charge in [-0.2, -0.15) is 0 Å². The third kappa shape index (κ3) is 4.96. The van der Waals surface area contributed by atoms with E-state index in [9.17, 15) is 4.79 Å². The lowest BCUT2D eigenvalue weighted by molar-refractivity contribution is -0.105. The van der Waals surface area contributed by atoms with E-state index in [-0.39, 0.29) is 0 Å². The molecule has 0 bridgehead atoms. The maximum absolute atomic E-state index is 10.1. The van der Waals surface area contributed by atoms with Crippen LogP contribution in [0.3, 0.4) is 0 Å². The maximum Gasteiger partial charge on any atom is 0.145 e. The minimum Gasteiger partial charge on any atom is -0.512 e. The highest BCUT2D eigenvalue weighted by Crippen LogP contribution is 2.18. The number of hydrogen-bond donors (Lipinski definition) is 1. The summed E-state index contributed by atoms with van der Waals surface area (Å²) in [6.07, 6.45) is 12.3. The monoisotopic (exact) mass is 220 g/mol. The molecule has 0 atom stereocenters. The number of allylic oxidation sites excluding steroid dienone is 5. The number of carbonyl (C=O) groups excluding carboxylic acids is 1. The molecule has 16 heavy (non-hydrogen) atoms. The van der Waals surface area contributed by atoms with Gasteiger partial charge in [-0.05, 0) is 50.2 Å². The summed E-state index contributed by atoms with van der Waals surface area (Å²) in [5.74, 6) is 0.487. The average molecular weight is 220 g/mol. The lowest BCUT2D eigenvalue weighted by Gasteiger charge is -2.07. The van der Waals surface area contributed by atoms with E-state index in [0.717, 1.165) is 49.5 Å². The van der Waals surface area contributed by atoms with E-state index in [1.165, 1.54) is 12.8 Å². The molecule has 0 saturated heterocycles. The number of aliphatic hydroxyl groups is 1. The summed E-state index contributed by atoms with van der Waals surface area (Å²) in [5, 5.41) is 8.88. The van der Waals surface area contributed by atoms with Crippen molar-refractivity contribution in [1.29, 1.82) is 0 Å². The van der Waals surface area contributed by atoms with E-state index in [2.05, 4.69) is 6.58 Å². The second-order valence-electron chi connectivity index (χ2n) is 4.29. The van der Waals surface area contributed by atoms with Gasteiger partial charge in [-0.15, -0.1) is 0 Å². The zero-order valence-electron chi connectivity index (χ0n) is 9.74. The van der Waals surface area contributed by atoms with Crippen LogP contribution < -0.4 is 0 Å². The van der Waals surface area contributed by atoms with Crippen LogP contribution in [0.2, 0.25) is 0 Å². The predicted octanol–water partition coefficient (Wildman–Crippen LogP) is 3.85. The highest BCUT2D eigenvalue weighted by atomic mass is 16.3. The number of hydrogen-bond acceptors (Lipinski definition) is 2. The van der Waals surface area contributed by atoms with E-state index >= 15 is 0 Å². The van der Waals surface area contributed by atoms with Crippen LogP contribution in [0.25, 0.3) is 0 Å². The molecule has 0 aliphatic heterocycles. The van der Waals surface area contributed by atoms with Crippen molar-refractivity contribution in [3.05, 3.63) is 35.6 Å². The van der Waals surface area contributed by atoms with Crippen LogP contribution in [-0.4, -0.2) is 11.4 Å². The van der Waals surface area contributed by atoms with Gasteiger partial charge in [0.2, 0.25) is 0 Å². The Morgan fingerprint density at radius 3 is 2.38 bits per heavy atom. The molecule has 1 N–H and O–H groups in total. The molecule has 0 aromatic carbocycles. The Hall–Kier alpha value is -1.31. The normalized spacial score (nSPS) is 20.1. The summed E-state index contributed by atoms with van der Waals surface area (Å²) in [7, 11) is 0. The summed E-state index contributed by atoms with van der Waals surface area (Å²) < 4.78 is 0. The molecule has 0 fully saturated rings. The molecule has 0 amide bonds. The Morgan fingerprint density at radius 2 is 2.00 bits per heavy atom. The van der Waals surface area contributed by atoms with Crippen molar-refractivity contribution in [3.63, 3.8) is 0 Å². The molecular formula is C14H20O2. The SMILES string of the molecule is C=C1C=C(O)CCC1.O=CC1=CCCCC1. The molecular weight excluding hydrogens is 200 g/mol. The van der Waals surface area contributed by atoms with Crippen molar-refractivity contribution >= 4 is 6.29 Å². The molecule has 2 aliphatic carbocycles. The maximum atomic E-state index is 10.1. The third-order valence-electron chi connectivity index (χ3n) is 2.78. The molecule has 0 aromatic heterocycles. The van der Waals surface area contributed by atoms with Gasteiger partial charge in [0.1, 0.15) is 6.29 Å². The molecule has 0 saturated carbocycles. The summed E-state index contributed by atoms with van der Waals surface area (Å²) in [6, 6.07) is 0. The number of aliphatic hydroxyl groups excluding tert-OH is 1. The van der Waals surface area contributed by atoms with Crippen LogP contribution in [0.1, 0.15) is 44.9 Å². The summed E-state index contributed by atoms with van der Waals surface area (Å²) in [5.41, 5.74) is 2.05. The lowest BCUT2D eigenvalue weighted by Crippen LogP contribution is -1.91. The standard InChI is InChI=1S/2C7H10O/c1-6-3-2-4-7(8)5-6;8-6-7-4-2-1-3-5-7/h5,8H,1-4H2;4,6H,1-3,5H2. The second-order valence-corrected chi connectivity index (χ2v) is 4.29. The Morgan fingerprint density at radius 1 is 1.19 bits per heavy atom. The second kappa shape index (κ2) is 7.04. The van der Waals surface area contributed by atoms with Crippen molar-refractivity contribution < 1.29 is 9.90 Å². The molecule has 2 nitrogen and oxygen atoms in total. The Kier molecular flexibility index (Phi) is 5.62. The number of rotatable bonds is 1. The fourth-order valence-corrected chi connectivity index (χ4v) is 1.85. The highest BCUT2D eigenvalue weighted by Gasteiger charge is 2.02. The fraction of sp³-hybridized carbons (Fsp3) is 0.500. The van der Waals surface area contributed by atoms with Gasteiger partial charge in [0, 0.05) is 6.42 Å².